The molecule has 4 rings (SSSR count). The number of pyridine rings is 2. The van der Waals surface area contributed by atoms with E-state index in [-0.39, 0.29) is 30.0 Å². The minimum atomic E-state index is -0.406. The second-order valence-electron chi connectivity index (χ2n) is 13.0. The van der Waals surface area contributed by atoms with Crippen molar-refractivity contribution in [3.8, 4) is 11.1 Å². The van der Waals surface area contributed by atoms with Crippen molar-refractivity contribution in [2.24, 2.45) is 0 Å². The minimum absolute atomic E-state index is 0.123. The molecule has 0 saturated heterocycles. The van der Waals surface area contributed by atoms with Crippen LogP contribution in [0.2, 0.25) is 0 Å². The fourth-order valence-corrected chi connectivity index (χ4v) is 6.09. The number of carbonyl (C=O) groups is 2. The molecule has 0 radical (unpaired) electrons. The molecule has 0 bridgehead atoms. The lowest BCUT2D eigenvalue weighted by Gasteiger charge is -2.27. The van der Waals surface area contributed by atoms with E-state index in [9.17, 15) is 14.4 Å². The smallest absolute Gasteiger partial charge is 0.326 e. The van der Waals surface area contributed by atoms with Gasteiger partial charge in [-0.05, 0) is 109 Å². The van der Waals surface area contributed by atoms with Gasteiger partial charge in [0.1, 0.15) is 11.3 Å². The lowest BCUT2D eigenvalue weighted by molar-refractivity contribution is -0.118. The van der Waals surface area contributed by atoms with Crippen molar-refractivity contribution in [2.45, 2.75) is 79.6 Å². The molecule has 2 heterocycles. The normalized spacial score (nSPS) is 11.5. The zero-order chi connectivity index (χ0) is 34.8. The van der Waals surface area contributed by atoms with E-state index in [0.717, 1.165) is 65.8 Å². The monoisotopic (exact) mass is 652 g/mol. The van der Waals surface area contributed by atoms with E-state index in [4.69, 9.17) is 0 Å². The molecule has 9 heteroatoms. The van der Waals surface area contributed by atoms with Crippen molar-refractivity contribution in [1.82, 2.24) is 20.2 Å². The van der Waals surface area contributed by atoms with Gasteiger partial charge in [0.25, 0.3) is 5.56 Å². The summed E-state index contributed by atoms with van der Waals surface area (Å²) in [5.74, 6) is 0.103. The molecule has 0 aliphatic heterocycles. The topological polar surface area (TPSA) is 110 Å². The van der Waals surface area contributed by atoms with Crippen LogP contribution >= 0.6 is 0 Å². The molecule has 4 aromatic rings. The summed E-state index contributed by atoms with van der Waals surface area (Å²) in [6.45, 7) is 18.3. The van der Waals surface area contributed by atoms with Crippen molar-refractivity contribution in [3.63, 3.8) is 0 Å². The Morgan fingerprint density at radius 3 is 2.23 bits per heavy atom. The predicted octanol–water partition coefficient (Wildman–Crippen LogP) is 7.68. The van der Waals surface area contributed by atoms with Crippen LogP contribution in [0.1, 0.15) is 89.8 Å². The number of H-pyrrole nitrogens is 1. The van der Waals surface area contributed by atoms with Crippen LogP contribution < -0.4 is 21.1 Å². The molecule has 9 nitrogen and oxygen atoms in total. The van der Waals surface area contributed by atoms with E-state index in [1.165, 1.54) is 17.4 Å². The number of carbonyl (C=O) groups excluding carboxylic acids is 2. The number of aromatic nitrogens is 2. The maximum Gasteiger partial charge on any atom is 0.326 e. The highest BCUT2D eigenvalue weighted by atomic mass is 16.2. The largest absolute Gasteiger partial charge is 0.356 e. The van der Waals surface area contributed by atoms with Crippen LogP contribution in [-0.4, -0.2) is 59.5 Å². The second-order valence-corrected chi connectivity index (χ2v) is 13.0. The molecular formula is C39H52N6O3. The average molecular weight is 653 g/mol. The Balaban J connectivity index is 1.69. The van der Waals surface area contributed by atoms with Gasteiger partial charge in [-0.25, -0.2) is 9.78 Å². The number of anilines is 2. The summed E-state index contributed by atoms with van der Waals surface area (Å²) in [6, 6.07) is 18.1. The lowest BCUT2D eigenvalue weighted by atomic mass is 9.88. The number of rotatable bonds is 15. The molecule has 3 N–H and O–H groups in total. The maximum atomic E-state index is 14.2. The summed E-state index contributed by atoms with van der Waals surface area (Å²) in [5.41, 5.74) is 6.72. The quantitative estimate of drug-likeness (QED) is 0.114. The molecule has 3 amide bonds. The van der Waals surface area contributed by atoms with Crippen LogP contribution in [0.4, 0.5) is 16.2 Å². The van der Waals surface area contributed by atoms with Gasteiger partial charge in [-0.3, -0.25) is 14.5 Å². The van der Waals surface area contributed by atoms with Gasteiger partial charge in [-0.1, -0.05) is 65.8 Å². The third kappa shape index (κ3) is 9.31. The molecular weight excluding hydrogens is 600 g/mol. The molecule has 48 heavy (non-hydrogen) atoms. The van der Waals surface area contributed by atoms with Gasteiger partial charge in [0, 0.05) is 37.3 Å². The number of nitrogens with zero attached hydrogens (tertiary/aromatic N) is 3. The van der Waals surface area contributed by atoms with E-state index in [0.29, 0.717) is 18.6 Å². The minimum Gasteiger partial charge on any atom is -0.356 e. The van der Waals surface area contributed by atoms with E-state index in [1.54, 1.807) is 18.3 Å². The molecule has 0 fully saturated rings. The Bertz CT molecular complexity index is 1730. The molecule has 0 aliphatic rings. The Hall–Kier alpha value is -4.50. The first-order valence-electron chi connectivity index (χ1n) is 17.3. The standard InChI is InChI=1S/C39H52N6O3/c1-8-44(9-2)20-12-15-29-14-10-16-30(22-29)32-23-33(26(3)4)36(34(24-32)27(5)6)42-39(48)45(21-13-19-40-28(7)46)35-25-31-17-11-18-41-37(31)43-38(35)47/h10-11,14,16-18,22-27H,8-9,12-13,15,19-21H2,1-7H3,(H,40,46)(H,42,48)(H,41,43,47). The Morgan fingerprint density at radius 1 is 0.875 bits per heavy atom. The van der Waals surface area contributed by atoms with Crippen molar-refractivity contribution in [3.05, 3.63) is 87.8 Å². The molecule has 2 aromatic carbocycles. The average Bonchev–Trinajstić information content (AvgIpc) is 3.06. The van der Waals surface area contributed by atoms with Crippen LogP contribution in [-0.2, 0) is 11.2 Å². The number of nitrogens with one attached hydrogen (secondary N) is 3. The van der Waals surface area contributed by atoms with Crippen LogP contribution in [0.25, 0.3) is 22.2 Å². The maximum absolute atomic E-state index is 14.2. The number of aryl methyl sites for hydroxylation is 1. The Labute approximate surface area is 285 Å². The number of amides is 3. The fraction of sp³-hybridized carbons (Fsp3) is 0.436. The molecule has 0 saturated carbocycles. The summed E-state index contributed by atoms with van der Waals surface area (Å²) < 4.78 is 0. The number of fused-ring (bicyclic) bond motifs is 1. The van der Waals surface area contributed by atoms with E-state index in [2.05, 4.69) is 103 Å². The van der Waals surface area contributed by atoms with Gasteiger partial charge in [-0.2, -0.15) is 0 Å². The number of hydrogen-bond donors (Lipinski definition) is 3. The van der Waals surface area contributed by atoms with Gasteiger partial charge in [0.15, 0.2) is 0 Å². The molecule has 0 spiro atoms. The number of hydrogen-bond acceptors (Lipinski definition) is 5. The van der Waals surface area contributed by atoms with Crippen molar-refractivity contribution in [1.29, 1.82) is 0 Å². The third-order valence-corrected chi connectivity index (χ3v) is 8.83. The van der Waals surface area contributed by atoms with E-state index >= 15 is 0 Å². The van der Waals surface area contributed by atoms with Gasteiger partial charge in [0.05, 0.1) is 0 Å². The van der Waals surface area contributed by atoms with Crippen LogP contribution in [0, 0.1) is 0 Å². The molecule has 0 aliphatic carbocycles. The summed E-state index contributed by atoms with van der Waals surface area (Å²) in [5, 5.41) is 6.74. The summed E-state index contributed by atoms with van der Waals surface area (Å²) >= 11 is 0. The van der Waals surface area contributed by atoms with Gasteiger partial charge < -0.3 is 20.5 Å². The van der Waals surface area contributed by atoms with E-state index in [1.807, 2.05) is 6.07 Å². The predicted molar refractivity (Wildman–Crippen MR) is 198 cm³/mol. The van der Waals surface area contributed by atoms with Crippen molar-refractivity contribution >= 4 is 34.3 Å². The van der Waals surface area contributed by atoms with Gasteiger partial charge >= 0.3 is 6.03 Å². The van der Waals surface area contributed by atoms with Crippen LogP contribution in [0.5, 0.6) is 0 Å². The molecule has 2 aromatic heterocycles. The lowest BCUT2D eigenvalue weighted by Crippen LogP contribution is -2.40. The first-order valence-corrected chi connectivity index (χ1v) is 17.3. The fourth-order valence-electron chi connectivity index (χ4n) is 6.09. The highest BCUT2D eigenvalue weighted by Gasteiger charge is 2.24. The van der Waals surface area contributed by atoms with Gasteiger partial charge in [-0.15, -0.1) is 0 Å². The molecule has 0 unspecified atom stereocenters. The Morgan fingerprint density at radius 2 is 1.58 bits per heavy atom. The van der Waals surface area contributed by atoms with Gasteiger partial charge in [0.2, 0.25) is 5.91 Å². The second kappa shape index (κ2) is 17.1. The SMILES string of the molecule is CCN(CC)CCCc1cccc(-c2cc(C(C)C)c(NC(=O)N(CCCNC(C)=O)c3cc4cccnc4[nH]c3=O)c(C(C)C)c2)c1. The van der Waals surface area contributed by atoms with Crippen LogP contribution in [0.15, 0.2) is 65.6 Å². The van der Waals surface area contributed by atoms with E-state index < -0.39 is 11.6 Å². The third-order valence-electron chi connectivity index (χ3n) is 8.83. The first kappa shape index (κ1) is 36.3. The summed E-state index contributed by atoms with van der Waals surface area (Å²) in [7, 11) is 0. The number of aromatic amines is 1. The zero-order valence-corrected chi connectivity index (χ0v) is 29.7. The number of urea groups is 1. The van der Waals surface area contributed by atoms with Crippen LogP contribution in [0.3, 0.4) is 0 Å². The van der Waals surface area contributed by atoms with Crippen molar-refractivity contribution < 1.29 is 9.59 Å². The zero-order valence-electron chi connectivity index (χ0n) is 29.7. The summed E-state index contributed by atoms with van der Waals surface area (Å²) in [6.07, 6.45) is 4.22. The highest BCUT2D eigenvalue weighted by molar-refractivity contribution is 6.03. The molecule has 256 valence electrons. The Kier molecular flexibility index (Phi) is 12.9. The first-order chi connectivity index (χ1) is 23.0. The highest BCUT2D eigenvalue weighted by Crippen LogP contribution is 2.38. The summed E-state index contributed by atoms with van der Waals surface area (Å²) in [4.78, 5) is 50.0. The molecule has 0 atom stereocenters. The van der Waals surface area contributed by atoms with Crippen molar-refractivity contribution in [2.75, 3.05) is 42.9 Å². The number of benzene rings is 2.